The van der Waals surface area contributed by atoms with Crippen LogP contribution in [0.3, 0.4) is 0 Å². The van der Waals surface area contributed by atoms with Gasteiger partial charge in [-0.3, -0.25) is 9.53 Å². The number of anilines is 2. The third kappa shape index (κ3) is 5.43. The molecular formula is C23H27N5O4S2. The summed E-state index contributed by atoms with van der Waals surface area (Å²) in [5.41, 5.74) is 0.679. The zero-order valence-corrected chi connectivity index (χ0v) is 21.1. The zero-order chi connectivity index (χ0) is 24.3. The lowest BCUT2D eigenvalue weighted by molar-refractivity contribution is 0.0985. The van der Waals surface area contributed by atoms with Crippen molar-refractivity contribution >= 4 is 39.2 Å². The molecule has 2 aromatic heterocycles. The lowest BCUT2D eigenvalue weighted by Crippen LogP contribution is -2.44. The molecule has 1 amide bonds. The first-order valence-corrected chi connectivity index (χ1v) is 13.2. The van der Waals surface area contributed by atoms with Crippen molar-refractivity contribution in [2.24, 2.45) is 0 Å². The average Bonchev–Trinajstić information content (AvgIpc) is 3.28. The minimum atomic E-state index is -1.15. The Balaban J connectivity index is 1.63. The largest absolute Gasteiger partial charge is 0.418 e. The van der Waals surface area contributed by atoms with Crippen LogP contribution in [0, 0.1) is 0 Å². The Hall–Kier alpha value is -2.89. The maximum absolute atomic E-state index is 12.5. The first-order valence-electron chi connectivity index (χ1n) is 10.8. The smallest absolute Gasteiger partial charge is 0.410 e. The Bertz CT molecular complexity index is 1190. The number of carbonyl (C=O) groups is 1. The number of ether oxygens (including phenoxy) is 2. The zero-order valence-electron chi connectivity index (χ0n) is 19.5. The van der Waals surface area contributed by atoms with Gasteiger partial charge in [-0.1, -0.05) is 29.5 Å². The van der Waals surface area contributed by atoms with Crippen LogP contribution >= 0.6 is 11.3 Å². The van der Waals surface area contributed by atoms with E-state index < -0.39 is 21.6 Å². The van der Waals surface area contributed by atoms with Crippen LogP contribution in [0.25, 0.3) is 10.7 Å². The first kappa shape index (κ1) is 24.2. The monoisotopic (exact) mass is 501 g/mol. The molecule has 1 unspecified atom stereocenters. The lowest BCUT2D eigenvalue weighted by Gasteiger charge is -2.35. The third-order valence-electron chi connectivity index (χ3n) is 5.60. The summed E-state index contributed by atoms with van der Waals surface area (Å²) in [6.45, 7) is 7.81. The summed E-state index contributed by atoms with van der Waals surface area (Å²) >= 11 is 1.24. The number of rotatable bonds is 6. The molecule has 0 aliphatic carbocycles. The van der Waals surface area contributed by atoms with E-state index in [2.05, 4.69) is 22.1 Å². The first-order chi connectivity index (χ1) is 16.2. The van der Waals surface area contributed by atoms with Crippen LogP contribution < -0.4 is 15.0 Å². The predicted molar refractivity (Wildman–Crippen MR) is 134 cm³/mol. The highest BCUT2D eigenvalue weighted by atomic mass is 32.2. The number of hydrogen-bond donors (Lipinski definition) is 1. The quantitative estimate of drug-likeness (QED) is 0.539. The molecule has 180 valence electrons. The van der Waals surface area contributed by atoms with Crippen molar-refractivity contribution in [2.75, 3.05) is 36.2 Å². The van der Waals surface area contributed by atoms with Gasteiger partial charge in [-0.25, -0.2) is 19.7 Å². The fraction of sp³-hybridized carbons (Fsp3) is 0.391. The van der Waals surface area contributed by atoms with Gasteiger partial charge in [-0.15, -0.1) is 0 Å². The second-order valence-corrected chi connectivity index (χ2v) is 11.3. The lowest BCUT2D eigenvalue weighted by atomic mass is 10.1. The number of carbonyl (C=O) groups excluding carboxylic acids is 1. The number of morpholine rings is 1. The molecule has 9 nitrogen and oxygen atoms in total. The van der Waals surface area contributed by atoms with Crippen molar-refractivity contribution in [1.82, 2.24) is 15.0 Å². The molecular weight excluding hydrogens is 474 g/mol. The number of hydrogen-bond acceptors (Lipinski definition) is 9. The van der Waals surface area contributed by atoms with Gasteiger partial charge >= 0.3 is 6.09 Å². The van der Waals surface area contributed by atoms with E-state index in [1.807, 2.05) is 26.0 Å². The van der Waals surface area contributed by atoms with Gasteiger partial charge in [0.25, 0.3) is 0 Å². The molecule has 11 heteroatoms. The molecule has 0 radical (unpaired) electrons. The molecule has 1 aliphatic heterocycles. The summed E-state index contributed by atoms with van der Waals surface area (Å²) in [7, 11) is -1.15. The summed E-state index contributed by atoms with van der Waals surface area (Å²) in [5.74, 6) is 1.65. The van der Waals surface area contributed by atoms with Crippen molar-refractivity contribution in [1.29, 1.82) is 0 Å². The number of thiazole rings is 1. The van der Waals surface area contributed by atoms with E-state index in [9.17, 15) is 9.00 Å². The second-order valence-electron chi connectivity index (χ2n) is 8.37. The Morgan fingerprint density at radius 1 is 1.29 bits per heavy atom. The van der Waals surface area contributed by atoms with E-state index in [0.29, 0.717) is 47.0 Å². The molecule has 34 heavy (non-hydrogen) atoms. The Morgan fingerprint density at radius 2 is 2.06 bits per heavy atom. The normalized spacial score (nSPS) is 17.3. The van der Waals surface area contributed by atoms with Crippen LogP contribution in [0.2, 0.25) is 0 Å². The molecule has 1 aliphatic rings. The molecule has 4 rings (SSSR count). The van der Waals surface area contributed by atoms with Gasteiger partial charge in [0.15, 0.2) is 11.0 Å². The Morgan fingerprint density at radius 3 is 2.76 bits per heavy atom. The maximum atomic E-state index is 12.5. The summed E-state index contributed by atoms with van der Waals surface area (Å²) in [6.07, 6.45) is 2.66. The number of amides is 1. The fourth-order valence-electron chi connectivity index (χ4n) is 3.36. The highest BCUT2D eigenvalue weighted by Gasteiger charge is 2.30. The van der Waals surface area contributed by atoms with Gasteiger partial charge in [0.1, 0.15) is 11.6 Å². The van der Waals surface area contributed by atoms with E-state index in [1.165, 1.54) is 11.3 Å². The molecule has 0 bridgehead atoms. The minimum absolute atomic E-state index is 0.144. The second kappa shape index (κ2) is 10.2. The predicted octanol–water partition coefficient (Wildman–Crippen LogP) is 4.05. The van der Waals surface area contributed by atoms with Crippen molar-refractivity contribution in [3.05, 3.63) is 48.3 Å². The van der Waals surface area contributed by atoms with Crippen molar-refractivity contribution < 1.29 is 18.5 Å². The van der Waals surface area contributed by atoms with Gasteiger partial charge in [-0.05, 0) is 32.9 Å². The van der Waals surface area contributed by atoms with E-state index in [-0.39, 0.29) is 6.04 Å². The van der Waals surface area contributed by atoms with E-state index in [4.69, 9.17) is 19.4 Å². The molecule has 3 heterocycles. The Labute approximate surface area is 205 Å². The van der Waals surface area contributed by atoms with Crippen molar-refractivity contribution in [2.45, 2.75) is 31.6 Å². The Kier molecular flexibility index (Phi) is 7.24. The SMILES string of the molecule is C[C@H]1COCCN1c1cc(C(C)(C)S(C)=O)nc(-c2cnc(NC(=O)Oc3ccccc3)s2)n1. The minimum Gasteiger partial charge on any atom is -0.410 e. The summed E-state index contributed by atoms with van der Waals surface area (Å²) < 4.78 is 22.7. The molecule has 1 N–H and O–H groups in total. The van der Waals surface area contributed by atoms with Gasteiger partial charge in [0.2, 0.25) is 0 Å². The molecule has 0 spiro atoms. The highest BCUT2D eigenvalue weighted by Crippen LogP contribution is 2.33. The summed E-state index contributed by atoms with van der Waals surface area (Å²) in [4.78, 5) is 28.9. The number of benzene rings is 1. The number of aromatic nitrogens is 3. The average molecular weight is 502 g/mol. The molecule has 3 aromatic rings. The van der Waals surface area contributed by atoms with Gasteiger partial charge in [-0.2, -0.15) is 0 Å². The fourth-order valence-corrected chi connectivity index (χ4v) is 4.49. The van der Waals surface area contributed by atoms with Crippen LogP contribution in [0.5, 0.6) is 5.75 Å². The number of nitrogens with zero attached hydrogens (tertiary/aromatic N) is 4. The van der Waals surface area contributed by atoms with Crippen LogP contribution in [-0.4, -0.2) is 57.3 Å². The van der Waals surface area contributed by atoms with E-state index in [1.54, 1.807) is 36.7 Å². The van der Waals surface area contributed by atoms with E-state index in [0.717, 1.165) is 5.82 Å². The van der Waals surface area contributed by atoms with Crippen LogP contribution in [-0.2, 0) is 20.3 Å². The third-order valence-corrected chi connectivity index (χ3v) is 8.15. The molecule has 1 fully saturated rings. The van der Waals surface area contributed by atoms with Crippen molar-refractivity contribution in [3.8, 4) is 16.5 Å². The van der Waals surface area contributed by atoms with Crippen molar-refractivity contribution in [3.63, 3.8) is 0 Å². The standard InChI is InChI=1S/C23H27N5O4S2/c1-15-14-31-11-10-28(15)19-12-18(23(2,3)34(4)30)25-20(26-19)17-13-24-21(33-17)27-22(29)32-16-8-6-5-7-9-16/h5-9,12-13,15H,10-11,14H2,1-4H3,(H,24,27,29)/t15-,34?/m0/s1. The van der Waals surface area contributed by atoms with Crippen LogP contribution in [0.15, 0.2) is 42.6 Å². The van der Waals surface area contributed by atoms with Gasteiger partial charge in [0, 0.05) is 29.7 Å². The highest BCUT2D eigenvalue weighted by molar-refractivity contribution is 7.85. The molecule has 1 saturated heterocycles. The van der Waals surface area contributed by atoms with E-state index >= 15 is 0 Å². The van der Waals surface area contributed by atoms with Gasteiger partial charge < -0.3 is 14.4 Å². The maximum Gasteiger partial charge on any atom is 0.418 e. The number of nitrogens with one attached hydrogen (secondary N) is 1. The molecule has 0 saturated carbocycles. The van der Waals surface area contributed by atoms with Gasteiger partial charge in [0.05, 0.1) is 40.8 Å². The van der Waals surface area contributed by atoms with Crippen LogP contribution in [0.4, 0.5) is 15.7 Å². The molecule has 1 aromatic carbocycles. The summed E-state index contributed by atoms with van der Waals surface area (Å²) in [6, 6.07) is 10.8. The molecule has 2 atom stereocenters. The number of para-hydroxylation sites is 1. The summed E-state index contributed by atoms with van der Waals surface area (Å²) in [5, 5.41) is 3.01. The topological polar surface area (TPSA) is 107 Å². The van der Waals surface area contributed by atoms with Crippen LogP contribution in [0.1, 0.15) is 26.5 Å².